The summed E-state index contributed by atoms with van der Waals surface area (Å²) < 4.78 is 4.30. The van der Waals surface area contributed by atoms with Gasteiger partial charge in [-0.05, 0) is 46.8 Å². The van der Waals surface area contributed by atoms with Gasteiger partial charge in [0, 0.05) is 15.8 Å². The van der Waals surface area contributed by atoms with Crippen LogP contribution in [0.4, 0.5) is 0 Å². The number of hydrogen-bond donors (Lipinski definition) is 0. The lowest BCUT2D eigenvalue weighted by Gasteiger charge is -2.10. The quantitative estimate of drug-likeness (QED) is 0.305. The predicted octanol–water partition coefficient (Wildman–Crippen LogP) is 5.75. The van der Waals surface area contributed by atoms with E-state index in [9.17, 15) is 4.79 Å². The third-order valence-electron chi connectivity index (χ3n) is 4.69. The summed E-state index contributed by atoms with van der Waals surface area (Å²) >= 11 is 15.1. The fraction of sp³-hybridized carbons (Fsp3) is 0.0952. The van der Waals surface area contributed by atoms with Crippen LogP contribution in [-0.2, 0) is 12.3 Å². The van der Waals surface area contributed by atoms with Crippen molar-refractivity contribution >= 4 is 62.3 Å². The maximum atomic E-state index is 13.1. The van der Waals surface area contributed by atoms with E-state index in [1.54, 1.807) is 16.3 Å². The molecular formula is C21H14Cl2N4OS2. The molecule has 0 spiro atoms. The molecule has 0 N–H and O–H groups in total. The SMILES string of the molecule is O=c1c2sccc2n2c(SCc3cccc(Cl)c3)nnc2n1Cc1ccc(Cl)cc1. The molecule has 30 heavy (non-hydrogen) atoms. The molecule has 0 aliphatic rings. The minimum absolute atomic E-state index is 0.0683. The number of aromatic nitrogens is 4. The molecule has 5 rings (SSSR count). The number of thioether (sulfide) groups is 1. The Morgan fingerprint density at radius 3 is 2.60 bits per heavy atom. The normalized spacial score (nSPS) is 11.5. The lowest BCUT2D eigenvalue weighted by molar-refractivity contribution is 0.765. The van der Waals surface area contributed by atoms with Crippen LogP contribution in [0.25, 0.3) is 16.0 Å². The summed E-state index contributed by atoms with van der Waals surface area (Å²) in [6.45, 7) is 0.393. The van der Waals surface area contributed by atoms with Crippen LogP contribution in [0.2, 0.25) is 10.0 Å². The largest absolute Gasteiger partial charge is 0.273 e. The van der Waals surface area contributed by atoms with Gasteiger partial charge in [0.25, 0.3) is 5.56 Å². The fourth-order valence-corrected chi connectivity index (χ4v) is 5.33. The molecule has 3 aromatic heterocycles. The zero-order chi connectivity index (χ0) is 20.7. The third kappa shape index (κ3) is 3.63. The Kier molecular flexibility index (Phi) is 5.28. The van der Waals surface area contributed by atoms with Gasteiger partial charge in [-0.15, -0.1) is 21.5 Å². The van der Waals surface area contributed by atoms with E-state index in [0.29, 0.717) is 32.8 Å². The number of rotatable bonds is 5. The maximum absolute atomic E-state index is 13.1. The lowest BCUT2D eigenvalue weighted by Crippen LogP contribution is -2.23. The van der Waals surface area contributed by atoms with E-state index in [-0.39, 0.29) is 5.56 Å². The molecule has 150 valence electrons. The van der Waals surface area contributed by atoms with Crippen molar-refractivity contribution in [3.8, 4) is 0 Å². The molecule has 2 aromatic carbocycles. The van der Waals surface area contributed by atoms with Crippen LogP contribution < -0.4 is 5.56 Å². The molecule has 0 fully saturated rings. The Morgan fingerprint density at radius 1 is 0.967 bits per heavy atom. The van der Waals surface area contributed by atoms with Gasteiger partial charge in [0.05, 0.1) is 12.1 Å². The van der Waals surface area contributed by atoms with Gasteiger partial charge in [-0.25, -0.2) is 0 Å². The second kappa shape index (κ2) is 8.07. The number of fused-ring (bicyclic) bond motifs is 3. The zero-order valence-corrected chi connectivity index (χ0v) is 18.6. The highest BCUT2D eigenvalue weighted by Gasteiger charge is 2.18. The Bertz CT molecular complexity index is 1420. The summed E-state index contributed by atoms with van der Waals surface area (Å²) in [5.41, 5.74) is 2.82. The lowest BCUT2D eigenvalue weighted by atomic mass is 10.2. The summed E-state index contributed by atoms with van der Waals surface area (Å²) in [4.78, 5) is 13.1. The molecule has 0 amide bonds. The van der Waals surface area contributed by atoms with Crippen LogP contribution in [0.15, 0.2) is 69.9 Å². The second-order valence-corrected chi connectivity index (χ2v) is 9.42. The average molecular weight is 473 g/mol. The van der Waals surface area contributed by atoms with Crippen molar-refractivity contribution in [2.75, 3.05) is 0 Å². The van der Waals surface area contributed by atoms with E-state index in [0.717, 1.165) is 21.8 Å². The first-order chi connectivity index (χ1) is 14.6. The molecule has 0 radical (unpaired) electrons. The van der Waals surface area contributed by atoms with Gasteiger partial charge in [0.1, 0.15) is 4.70 Å². The number of nitrogens with zero attached hydrogens (tertiary/aromatic N) is 4. The van der Waals surface area contributed by atoms with Crippen molar-refractivity contribution in [2.24, 2.45) is 0 Å². The van der Waals surface area contributed by atoms with E-state index >= 15 is 0 Å². The van der Waals surface area contributed by atoms with Crippen molar-refractivity contribution in [1.29, 1.82) is 0 Å². The van der Waals surface area contributed by atoms with Crippen molar-refractivity contribution in [1.82, 2.24) is 19.2 Å². The Labute approximate surface area is 189 Å². The van der Waals surface area contributed by atoms with Gasteiger partial charge in [-0.3, -0.25) is 13.8 Å². The number of benzene rings is 2. The molecular weight excluding hydrogens is 459 g/mol. The van der Waals surface area contributed by atoms with Crippen molar-refractivity contribution in [3.63, 3.8) is 0 Å². The van der Waals surface area contributed by atoms with Crippen molar-refractivity contribution in [3.05, 3.63) is 91.5 Å². The monoisotopic (exact) mass is 472 g/mol. The number of halogens is 2. The predicted molar refractivity (Wildman–Crippen MR) is 124 cm³/mol. The molecule has 3 heterocycles. The molecule has 5 nitrogen and oxygen atoms in total. The molecule has 0 unspecified atom stereocenters. The first-order valence-electron chi connectivity index (χ1n) is 9.07. The maximum Gasteiger partial charge on any atom is 0.273 e. The topological polar surface area (TPSA) is 52.2 Å². The highest BCUT2D eigenvalue weighted by molar-refractivity contribution is 7.98. The van der Waals surface area contributed by atoms with Gasteiger partial charge < -0.3 is 0 Å². The van der Waals surface area contributed by atoms with Gasteiger partial charge in [-0.1, -0.05) is 59.2 Å². The third-order valence-corrected chi connectivity index (χ3v) is 7.07. The van der Waals surface area contributed by atoms with Crippen LogP contribution in [0, 0.1) is 0 Å². The van der Waals surface area contributed by atoms with Crippen molar-refractivity contribution in [2.45, 2.75) is 17.5 Å². The van der Waals surface area contributed by atoms with E-state index in [1.165, 1.54) is 11.3 Å². The molecule has 0 atom stereocenters. The Hall–Kier alpha value is -2.32. The minimum Gasteiger partial charge on any atom is -0.271 e. The highest BCUT2D eigenvalue weighted by atomic mass is 35.5. The summed E-state index contributed by atoms with van der Waals surface area (Å²) in [6, 6.07) is 17.1. The van der Waals surface area contributed by atoms with Gasteiger partial charge in [-0.2, -0.15) is 0 Å². The van der Waals surface area contributed by atoms with Gasteiger partial charge in [0.2, 0.25) is 5.78 Å². The molecule has 0 saturated carbocycles. The standard InChI is InChI=1S/C21H14Cl2N4OS2/c22-15-6-4-13(5-7-15)11-26-19(28)18-17(8-9-29-18)27-20(26)24-25-21(27)30-12-14-2-1-3-16(23)10-14/h1-10H,11-12H2. The van der Waals surface area contributed by atoms with Crippen LogP contribution in [-0.4, -0.2) is 19.2 Å². The Morgan fingerprint density at radius 2 is 1.80 bits per heavy atom. The minimum atomic E-state index is -0.0683. The molecule has 0 aliphatic heterocycles. The van der Waals surface area contributed by atoms with E-state index in [4.69, 9.17) is 23.2 Å². The smallest absolute Gasteiger partial charge is 0.271 e. The van der Waals surface area contributed by atoms with E-state index < -0.39 is 0 Å². The van der Waals surface area contributed by atoms with Gasteiger partial charge >= 0.3 is 0 Å². The van der Waals surface area contributed by atoms with Crippen LogP contribution in [0.5, 0.6) is 0 Å². The number of hydrogen-bond acceptors (Lipinski definition) is 5. The molecule has 0 saturated heterocycles. The van der Waals surface area contributed by atoms with E-state index in [2.05, 4.69) is 10.2 Å². The highest BCUT2D eigenvalue weighted by Crippen LogP contribution is 2.27. The Balaban J connectivity index is 1.59. The van der Waals surface area contributed by atoms with Crippen molar-refractivity contribution < 1.29 is 0 Å². The second-order valence-electron chi connectivity index (χ2n) is 6.69. The molecule has 9 heteroatoms. The van der Waals surface area contributed by atoms with Crippen LogP contribution >= 0.6 is 46.3 Å². The zero-order valence-electron chi connectivity index (χ0n) is 15.5. The first kappa shape index (κ1) is 19.6. The summed E-state index contributed by atoms with van der Waals surface area (Å²) in [5.74, 6) is 1.22. The molecule has 0 aliphatic carbocycles. The molecule has 5 aromatic rings. The average Bonchev–Trinajstić information content (AvgIpc) is 3.38. The van der Waals surface area contributed by atoms with Crippen LogP contribution in [0.3, 0.4) is 0 Å². The fourth-order valence-electron chi connectivity index (χ4n) is 3.28. The van der Waals surface area contributed by atoms with E-state index in [1.807, 2.05) is 64.4 Å². The summed E-state index contributed by atoms with van der Waals surface area (Å²) in [7, 11) is 0. The molecule has 0 bridgehead atoms. The van der Waals surface area contributed by atoms with Gasteiger partial charge in [0.15, 0.2) is 5.16 Å². The summed E-state index contributed by atoms with van der Waals surface area (Å²) in [6.07, 6.45) is 0. The summed E-state index contributed by atoms with van der Waals surface area (Å²) in [5, 5.41) is 12.8. The number of thiophene rings is 1. The first-order valence-corrected chi connectivity index (χ1v) is 11.7. The van der Waals surface area contributed by atoms with Crippen LogP contribution in [0.1, 0.15) is 11.1 Å².